The number of carbonyl (C=O) groups is 2. The monoisotopic (exact) mass is 453 g/mol. The summed E-state index contributed by atoms with van der Waals surface area (Å²) in [7, 11) is 0. The maximum absolute atomic E-state index is 12.1. The molecular weight excluding hydrogens is 432 g/mol. The molecule has 0 aromatic heterocycles. The summed E-state index contributed by atoms with van der Waals surface area (Å²) in [6, 6.07) is 22.3. The van der Waals surface area contributed by atoms with Gasteiger partial charge in [0.25, 0.3) is 5.91 Å². The number of rotatable bonds is 10. The molecule has 3 aromatic carbocycles. The van der Waals surface area contributed by atoms with Crippen molar-refractivity contribution >= 4 is 23.6 Å². The number of hydrogen-bond donors (Lipinski definition) is 1. The summed E-state index contributed by atoms with van der Waals surface area (Å²) in [5.41, 5.74) is 2.15. The first-order valence-electron chi connectivity index (χ1n) is 9.94. The fourth-order valence-corrected chi connectivity index (χ4v) is 2.68. The summed E-state index contributed by atoms with van der Waals surface area (Å²) in [6.45, 7) is -2.93. The van der Waals surface area contributed by atoms with Crippen LogP contribution in [0.5, 0.6) is 11.5 Å². The largest absolute Gasteiger partial charge is 0.489 e. The van der Waals surface area contributed by atoms with E-state index in [9.17, 15) is 18.4 Å². The lowest BCUT2D eigenvalue weighted by atomic mass is 10.2. The van der Waals surface area contributed by atoms with E-state index in [0.29, 0.717) is 23.6 Å². The van der Waals surface area contributed by atoms with E-state index >= 15 is 0 Å². The predicted octanol–water partition coefficient (Wildman–Crippen LogP) is 5.06. The van der Waals surface area contributed by atoms with Gasteiger partial charge in [0.15, 0.2) is 6.61 Å². The summed E-state index contributed by atoms with van der Waals surface area (Å²) in [6.07, 6.45) is 2.57. The van der Waals surface area contributed by atoms with Crippen LogP contribution in [0, 0.1) is 0 Å². The van der Waals surface area contributed by atoms with Crippen molar-refractivity contribution in [1.29, 1.82) is 0 Å². The molecule has 0 aliphatic heterocycles. The van der Waals surface area contributed by atoms with Crippen molar-refractivity contribution in [2.75, 3.05) is 11.9 Å². The van der Waals surface area contributed by atoms with Crippen LogP contribution in [-0.2, 0) is 20.9 Å². The Morgan fingerprint density at radius 3 is 2.21 bits per heavy atom. The third kappa shape index (κ3) is 8.45. The second-order valence-corrected chi connectivity index (χ2v) is 6.74. The summed E-state index contributed by atoms with van der Waals surface area (Å²) in [4.78, 5) is 23.8. The fourth-order valence-electron chi connectivity index (χ4n) is 2.68. The molecule has 1 N–H and O–H groups in total. The lowest BCUT2D eigenvalue weighted by molar-refractivity contribution is -0.142. The van der Waals surface area contributed by atoms with Crippen molar-refractivity contribution in [1.82, 2.24) is 0 Å². The van der Waals surface area contributed by atoms with Gasteiger partial charge in [0, 0.05) is 11.8 Å². The van der Waals surface area contributed by atoms with Crippen LogP contribution in [0.4, 0.5) is 14.5 Å². The number of nitrogens with one attached hydrogen (secondary N) is 1. The highest BCUT2D eigenvalue weighted by Crippen LogP contribution is 2.17. The molecule has 0 fully saturated rings. The van der Waals surface area contributed by atoms with Gasteiger partial charge >= 0.3 is 12.6 Å². The third-order valence-corrected chi connectivity index (χ3v) is 4.25. The van der Waals surface area contributed by atoms with E-state index < -0.39 is 25.1 Å². The molecule has 0 heterocycles. The van der Waals surface area contributed by atoms with Gasteiger partial charge < -0.3 is 19.5 Å². The molecule has 170 valence electrons. The number of amides is 1. The van der Waals surface area contributed by atoms with E-state index in [1.54, 1.807) is 24.3 Å². The first-order chi connectivity index (χ1) is 16.0. The SMILES string of the molecule is O=C(COC(=O)/C=C/c1ccc(OC(F)F)cc1)Nc1ccc(OCc2ccccc2)cc1. The summed E-state index contributed by atoms with van der Waals surface area (Å²) in [5.74, 6) is -0.551. The Hall–Kier alpha value is -4.20. The average Bonchev–Trinajstić information content (AvgIpc) is 2.82. The van der Waals surface area contributed by atoms with Crippen molar-refractivity contribution in [3.8, 4) is 11.5 Å². The number of carbonyl (C=O) groups excluding carboxylic acids is 2. The number of esters is 1. The summed E-state index contributed by atoms with van der Waals surface area (Å²) >= 11 is 0. The molecule has 0 spiro atoms. The molecule has 0 atom stereocenters. The number of hydrogen-bond acceptors (Lipinski definition) is 5. The molecule has 3 rings (SSSR count). The minimum absolute atomic E-state index is 0.0113. The first-order valence-corrected chi connectivity index (χ1v) is 9.94. The van der Waals surface area contributed by atoms with E-state index in [1.807, 2.05) is 30.3 Å². The Morgan fingerprint density at radius 2 is 1.55 bits per heavy atom. The van der Waals surface area contributed by atoms with E-state index in [2.05, 4.69) is 10.1 Å². The van der Waals surface area contributed by atoms with Gasteiger partial charge in [-0.15, -0.1) is 0 Å². The first kappa shape index (κ1) is 23.5. The highest BCUT2D eigenvalue weighted by molar-refractivity contribution is 5.94. The van der Waals surface area contributed by atoms with Crippen LogP contribution in [0.1, 0.15) is 11.1 Å². The van der Waals surface area contributed by atoms with E-state index in [4.69, 9.17) is 9.47 Å². The Labute approximate surface area is 189 Å². The molecule has 0 bridgehead atoms. The molecule has 1 amide bonds. The maximum Gasteiger partial charge on any atom is 0.387 e. The Balaban J connectivity index is 1.39. The number of halogens is 2. The molecule has 3 aromatic rings. The molecule has 0 saturated carbocycles. The minimum Gasteiger partial charge on any atom is -0.489 e. The second-order valence-electron chi connectivity index (χ2n) is 6.74. The molecule has 8 heteroatoms. The number of alkyl halides is 2. The number of ether oxygens (including phenoxy) is 3. The van der Waals surface area contributed by atoms with Crippen LogP contribution in [0.3, 0.4) is 0 Å². The average molecular weight is 453 g/mol. The number of anilines is 1. The molecule has 6 nitrogen and oxygen atoms in total. The van der Waals surface area contributed by atoms with Gasteiger partial charge in [0.05, 0.1) is 0 Å². The van der Waals surface area contributed by atoms with Crippen LogP contribution < -0.4 is 14.8 Å². The van der Waals surface area contributed by atoms with Crippen molar-refractivity contribution in [3.63, 3.8) is 0 Å². The fraction of sp³-hybridized carbons (Fsp3) is 0.120. The van der Waals surface area contributed by atoms with Crippen molar-refractivity contribution in [3.05, 3.63) is 96.1 Å². The van der Waals surface area contributed by atoms with Gasteiger partial charge in [-0.25, -0.2) is 4.79 Å². The van der Waals surface area contributed by atoms with Crippen LogP contribution in [-0.4, -0.2) is 25.1 Å². The summed E-state index contributed by atoms with van der Waals surface area (Å²) < 4.78 is 39.1. The Bertz CT molecular complexity index is 1070. The normalized spacial score (nSPS) is 10.8. The third-order valence-electron chi connectivity index (χ3n) is 4.25. The van der Waals surface area contributed by atoms with Gasteiger partial charge in [0.2, 0.25) is 0 Å². The molecule has 0 radical (unpaired) electrons. The zero-order valence-corrected chi connectivity index (χ0v) is 17.4. The highest BCUT2D eigenvalue weighted by Gasteiger charge is 2.07. The molecule has 0 saturated heterocycles. The van der Waals surface area contributed by atoms with E-state index in [0.717, 1.165) is 11.6 Å². The Kier molecular flexibility index (Phi) is 8.53. The zero-order chi connectivity index (χ0) is 23.5. The second kappa shape index (κ2) is 12.0. The molecule has 0 aliphatic rings. The quantitative estimate of drug-likeness (QED) is 0.343. The highest BCUT2D eigenvalue weighted by atomic mass is 19.3. The Morgan fingerprint density at radius 1 is 0.879 bits per heavy atom. The smallest absolute Gasteiger partial charge is 0.387 e. The maximum atomic E-state index is 12.1. The van der Waals surface area contributed by atoms with Crippen molar-refractivity contribution < 1.29 is 32.6 Å². The minimum atomic E-state index is -2.90. The topological polar surface area (TPSA) is 73.9 Å². The molecule has 33 heavy (non-hydrogen) atoms. The van der Waals surface area contributed by atoms with Gasteiger partial charge in [-0.3, -0.25) is 4.79 Å². The summed E-state index contributed by atoms with van der Waals surface area (Å²) in [5, 5.41) is 2.62. The van der Waals surface area contributed by atoms with E-state index in [1.165, 1.54) is 30.3 Å². The van der Waals surface area contributed by atoms with Crippen LogP contribution >= 0.6 is 0 Å². The van der Waals surface area contributed by atoms with Gasteiger partial charge in [-0.05, 0) is 53.6 Å². The standard InChI is InChI=1S/C25H21F2NO5/c26-25(27)33-22-11-6-18(7-12-22)8-15-24(30)32-17-23(29)28-20-9-13-21(14-10-20)31-16-19-4-2-1-3-5-19/h1-15,25H,16-17H2,(H,28,29)/b15-8+. The van der Waals surface area contributed by atoms with Gasteiger partial charge in [-0.2, -0.15) is 8.78 Å². The van der Waals surface area contributed by atoms with Gasteiger partial charge in [0.1, 0.15) is 18.1 Å². The zero-order valence-electron chi connectivity index (χ0n) is 17.4. The molecule has 0 aliphatic carbocycles. The number of benzene rings is 3. The van der Waals surface area contributed by atoms with Crippen LogP contribution in [0.25, 0.3) is 6.08 Å². The lowest BCUT2D eigenvalue weighted by Crippen LogP contribution is -2.20. The lowest BCUT2D eigenvalue weighted by Gasteiger charge is -2.08. The molecular formula is C25H21F2NO5. The van der Waals surface area contributed by atoms with Crippen LogP contribution in [0.2, 0.25) is 0 Å². The van der Waals surface area contributed by atoms with E-state index in [-0.39, 0.29) is 5.75 Å². The van der Waals surface area contributed by atoms with Crippen LogP contribution in [0.15, 0.2) is 84.9 Å². The predicted molar refractivity (Wildman–Crippen MR) is 119 cm³/mol. The molecule has 0 unspecified atom stereocenters. The van der Waals surface area contributed by atoms with Gasteiger partial charge in [-0.1, -0.05) is 42.5 Å². The van der Waals surface area contributed by atoms with Crippen molar-refractivity contribution in [2.45, 2.75) is 13.2 Å². The van der Waals surface area contributed by atoms with Crippen molar-refractivity contribution in [2.24, 2.45) is 0 Å².